The van der Waals surface area contributed by atoms with E-state index in [0.717, 1.165) is 38.6 Å². The number of hydrogen-bond acceptors (Lipinski definition) is 2. The lowest BCUT2D eigenvalue weighted by Crippen LogP contribution is -2.51. The summed E-state index contributed by atoms with van der Waals surface area (Å²) in [7, 11) is 1.81. The minimum Gasteiger partial charge on any atom is -0.377 e. The molecule has 0 fully saturated rings. The van der Waals surface area contributed by atoms with Gasteiger partial charge in [0.1, 0.15) is 0 Å². The number of methoxy groups -OCH3 is 1. The zero-order valence-electron chi connectivity index (χ0n) is 11.3. The second kappa shape index (κ2) is 8.61. The number of terminal acetylenes is 1. The summed E-state index contributed by atoms with van der Waals surface area (Å²) in [5.41, 5.74) is -0.0635. The minimum absolute atomic E-state index is 0.0635. The Morgan fingerprint density at radius 1 is 1.31 bits per heavy atom. The summed E-state index contributed by atoms with van der Waals surface area (Å²) in [5, 5.41) is 3.58. The summed E-state index contributed by atoms with van der Waals surface area (Å²) in [5.74, 6) is 2.72. The van der Waals surface area contributed by atoms with Crippen LogP contribution in [0.5, 0.6) is 0 Å². The minimum atomic E-state index is -0.0635. The van der Waals surface area contributed by atoms with Gasteiger partial charge in [0.25, 0.3) is 0 Å². The van der Waals surface area contributed by atoms with Gasteiger partial charge in [-0.25, -0.2) is 0 Å². The molecule has 0 aliphatic heterocycles. The van der Waals surface area contributed by atoms with Crippen LogP contribution in [0.2, 0.25) is 0 Å². The summed E-state index contributed by atoms with van der Waals surface area (Å²) < 4.78 is 5.76. The third-order valence-corrected chi connectivity index (χ3v) is 3.46. The fraction of sp³-hybridized carbons (Fsp3) is 0.857. The van der Waals surface area contributed by atoms with Gasteiger partial charge in [0.15, 0.2) is 0 Å². The lowest BCUT2D eigenvalue weighted by molar-refractivity contribution is -0.0489. The molecule has 0 radical (unpaired) electrons. The van der Waals surface area contributed by atoms with Crippen LogP contribution in [0.4, 0.5) is 0 Å². The maximum Gasteiger partial charge on any atom is 0.0826 e. The summed E-state index contributed by atoms with van der Waals surface area (Å²) in [4.78, 5) is 0. The van der Waals surface area contributed by atoms with Crippen LogP contribution in [0.15, 0.2) is 0 Å². The van der Waals surface area contributed by atoms with Gasteiger partial charge in [-0.3, -0.25) is 0 Å². The summed E-state index contributed by atoms with van der Waals surface area (Å²) in [6.07, 6.45) is 10.3. The first-order chi connectivity index (χ1) is 7.70. The first-order valence-corrected chi connectivity index (χ1v) is 6.42. The maximum absolute atomic E-state index is 5.76. The van der Waals surface area contributed by atoms with Crippen LogP contribution in [-0.4, -0.2) is 25.3 Å². The van der Waals surface area contributed by atoms with Gasteiger partial charge in [-0.1, -0.05) is 20.8 Å². The Bertz CT molecular complexity index is 195. The summed E-state index contributed by atoms with van der Waals surface area (Å²) >= 11 is 0. The molecule has 1 unspecified atom stereocenters. The Hall–Kier alpha value is -0.520. The molecule has 0 rings (SSSR count). The average Bonchev–Trinajstić information content (AvgIpc) is 2.34. The van der Waals surface area contributed by atoms with Crippen LogP contribution in [0.1, 0.15) is 52.9 Å². The van der Waals surface area contributed by atoms with E-state index in [2.05, 4.69) is 32.0 Å². The predicted octanol–water partition coefficient (Wildman–Crippen LogP) is 2.97. The molecule has 0 aromatic carbocycles. The number of hydrogen-bond donors (Lipinski definition) is 1. The molecule has 2 heteroatoms. The second-order valence-corrected chi connectivity index (χ2v) is 4.23. The Labute approximate surface area is 101 Å². The van der Waals surface area contributed by atoms with Gasteiger partial charge in [-0.05, 0) is 32.2 Å². The molecule has 16 heavy (non-hydrogen) atoms. The monoisotopic (exact) mass is 225 g/mol. The first-order valence-electron chi connectivity index (χ1n) is 6.42. The van der Waals surface area contributed by atoms with Gasteiger partial charge in [0.05, 0.1) is 5.60 Å². The van der Waals surface area contributed by atoms with Gasteiger partial charge >= 0.3 is 0 Å². The van der Waals surface area contributed by atoms with E-state index in [1.165, 1.54) is 0 Å². The summed E-state index contributed by atoms with van der Waals surface area (Å²) in [6.45, 7) is 7.57. The molecule has 0 heterocycles. The predicted molar refractivity (Wildman–Crippen MR) is 70.5 cm³/mol. The summed E-state index contributed by atoms with van der Waals surface area (Å²) in [6, 6.07) is 0.364. The molecule has 0 saturated heterocycles. The van der Waals surface area contributed by atoms with Crippen LogP contribution in [0, 0.1) is 12.3 Å². The highest BCUT2D eigenvalue weighted by molar-refractivity contribution is 4.95. The third-order valence-electron chi connectivity index (χ3n) is 3.46. The van der Waals surface area contributed by atoms with Crippen LogP contribution < -0.4 is 5.32 Å². The van der Waals surface area contributed by atoms with Gasteiger partial charge < -0.3 is 10.1 Å². The van der Waals surface area contributed by atoms with Crippen molar-refractivity contribution in [3.63, 3.8) is 0 Å². The van der Waals surface area contributed by atoms with Crippen molar-refractivity contribution in [3.05, 3.63) is 0 Å². The van der Waals surface area contributed by atoms with E-state index in [-0.39, 0.29) is 5.60 Å². The molecule has 0 aliphatic carbocycles. The molecule has 0 saturated carbocycles. The lowest BCUT2D eigenvalue weighted by atomic mass is 9.85. The number of nitrogens with one attached hydrogen (secondary N) is 1. The van der Waals surface area contributed by atoms with Crippen LogP contribution in [0.3, 0.4) is 0 Å². The molecule has 0 bridgehead atoms. The number of rotatable bonds is 9. The van der Waals surface area contributed by atoms with E-state index >= 15 is 0 Å². The molecule has 2 nitrogen and oxygen atoms in total. The average molecular weight is 225 g/mol. The SMILES string of the molecule is C#CCCC(NCCC)C(CC)(CC)OC. The molecule has 0 aliphatic rings. The van der Waals surface area contributed by atoms with Crippen LogP contribution >= 0.6 is 0 Å². The van der Waals surface area contributed by atoms with Gasteiger partial charge in [-0.2, -0.15) is 0 Å². The Morgan fingerprint density at radius 3 is 2.31 bits per heavy atom. The smallest absolute Gasteiger partial charge is 0.0826 e. The first kappa shape index (κ1) is 15.5. The fourth-order valence-corrected chi connectivity index (χ4v) is 2.27. The Kier molecular flexibility index (Phi) is 8.33. The molecule has 0 amide bonds. The highest BCUT2D eigenvalue weighted by Gasteiger charge is 2.34. The van der Waals surface area contributed by atoms with Crippen molar-refractivity contribution in [2.24, 2.45) is 0 Å². The zero-order valence-corrected chi connectivity index (χ0v) is 11.3. The zero-order chi connectivity index (χ0) is 12.4. The highest BCUT2D eigenvalue weighted by atomic mass is 16.5. The van der Waals surface area contributed by atoms with E-state index in [1.54, 1.807) is 0 Å². The van der Waals surface area contributed by atoms with Gasteiger partial charge in [0, 0.05) is 19.6 Å². The van der Waals surface area contributed by atoms with E-state index in [9.17, 15) is 0 Å². The largest absolute Gasteiger partial charge is 0.377 e. The molecule has 0 spiro atoms. The van der Waals surface area contributed by atoms with Crippen molar-refractivity contribution >= 4 is 0 Å². The molecule has 0 aromatic heterocycles. The van der Waals surface area contributed by atoms with Crippen molar-refractivity contribution in [2.75, 3.05) is 13.7 Å². The molecular weight excluding hydrogens is 198 g/mol. The Balaban J connectivity index is 4.60. The quantitative estimate of drug-likeness (QED) is 0.609. The third kappa shape index (κ3) is 4.15. The maximum atomic E-state index is 5.76. The van der Waals surface area contributed by atoms with Crippen molar-refractivity contribution < 1.29 is 4.74 Å². The Morgan fingerprint density at radius 2 is 1.94 bits per heavy atom. The van der Waals surface area contributed by atoms with Crippen molar-refractivity contribution in [2.45, 2.75) is 64.5 Å². The standard InChI is InChI=1S/C14H27NO/c1-6-10-11-13(15-12-7-2)14(8-3,9-4)16-5/h1,13,15H,7-12H2,2-5H3. The molecule has 1 atom stereocenters. The number of ether oxygens (including phenoxy) is 1. The van der Waals surface area contributed by atoms with E-state index in [4.69, 9.17) is 11.2 Å². The van der Waals surface area contributed by atoms with E-state index in [0.29, 0.717) is 6.04 Å². The van der Waals surface area contributed by atoms with Crippen molar-refractivity contribution in [1.29, 1.82) is 0 Å². The van der Waals surface area contributed by atoms with Crippen molar-refractivity contribution in [1.82, 2.24) is 5.32 Å². The highest BCUT2D eigenvalue weighted by Crippen LogP contribution is 2.26. The molecule has 1 N–H and O–H groups in total. The van der Waals surface area contributed by atoms with Gasteiger partial charge in [0.2, 0.25) is 0 Å². The van der Waals surface area contributed by atoms with Crippen molar-refractivity contribution in [3.8, 4) is 12.3 Å². The lowest BCUT2D eigenvalue weighted by Gasteiger charge is -2.39. The van der Waals surface area contributed by atoms with Crippen LogP contribution in [-0.2, 0) is 4.74 Å². The topological polar surface area (TPSA) is 21.3 Å². The van der Waals surface area contributed by atoms with E-state index < -0.39 is 0 Å². The van der Waals surface area contributed by atoms with E-state index in [1.807, 2.05) is 7.11 Å². The second-order valence-electron chi connectivity index (χ2n) is 4.23. The normalized spacial score (nSPS) is 13.4. The molecule has 94 valence electrons. The van der Waals surface area contributed by atoms with Crippen LogP contribution in [0.25, 0.3) is 0 Å². The molecular formula is C14H27NO. The molecule has 0 aromatic rings. The van der Waals surface area contributed by atoms with Gasteiger partial charge in [-0.15, -0.1) is 12.3 Å². The fourth-order valence-electron chi connectivity index (χ4n) is 2.27.